The quantitative estimate of drug-likeness (QED) is 0.363. The van der Waals surface area contributed by atoms with Crippen LogP contribution >= 0.6 is 22.9 Å². The van der Waals surface area contributed by atoms with Crippen molar-refractivity contribution in [1.82, 2.24) is 10.3 Å². The Morgan fingerprint density at radius 2 is 1.79 bits per heavy atom. The van der Waals surface area contributed by atoms with Gasteiger partial charge in [0, 0.05) is 15.8 Å². The zero-order chi connectivity index (χ0) is 23.0. The highest BCUT2D eigenvalue weighted by atomic mass is 35.5. The lowest BCUT2D eigenvalue weighted by Gasteiger charge is -2.26. The van der Waals surface area contributed by atoms with E-state index in [4.69, 9.17) is 16.3 Å². The number of rotatable bonds is 6. The molecule has 33 heavy (non-hydrogen) atoms. The van der Waals surface area contributed by atoms with Crippen LogP contribution in [0.4, 0.5) is 0 Å². The normalized spacial score (nSPS) is 15.1. The predicted molar refractivity (Wildman–Crippen MR) is 129 cm³/mol. The fourth-order valence-corrected chi connectivity index (χ4v) is 5.55. The molecule has 168 valence electrons. The summed E-state index contributed by atoms with van der Waals surface area (Å²) in [5.41, 5.74) is -0.156. The molecule has 1 aliphatic carbocycles. The second-order valence-electron chi connectivity index (χ2n) is 8.19. The summed E-state index contributed by atoms with van der Waals surface area (Å²) in [5.74, 6) is -1.16. The Morgan fingerprint density at radius 3 is 2.52 bits per heavy atom. The molecule has 1 aliphatic rings. The maximum atomic E-state index is 13.4. The number of aromatic nitrogens is 1. The molecule has 0 saturated heterocycles. The van der Waals surface area contributed by atoms with Gasteiger partial charge in [-0.2, -0.15) is 0 Å². The third-order valence-electron chi connectivity index (χ3n) is 6.09. The fourth-order valence-electron chi connectivity index (χ4n) is 4.40. The van der Waals surface area contributed by atoms with Crippen LogP contribution in [-0.4, -0.2) is 27.5 Å². The van der Waals surface area contributed by atoms with Crippen LogP contribution in [0.15, 0.2) is 54.6 Å². The van der Waals surface area contributed by atoms with Gasteiger partial charge in [-0.05, 0) is 31.0 Å². The Hall–Kier alpha value is -3.16. The molecule has 0 bridgehead atoms. The van der Waals surface area contributed by atoms with E-state index in [2.05, 4.69) is 10.3 Å². The Morgan fingerprint density at radius 1 is 1.09 bits per heavy atom. The number of nitrogens with one attached hydrogen (secondary N) is 1. The first-order valence-corrected chi connectivity index (χ1v) is 11.9. The number of aliphatic carboxylic acids is 1. The molecule has 1 saturated carbocycles. The topological polar surface area (TPSA) is 88.5 Å². The van der Waals surface area contributed by atoms with Crippen molar-refractivity contribution in [3.05, 3.63) is 70.2 Å². The van der Waals surface area contributed by atoms with Crippen molar-refractivity contribution in [1.29, 1.82) is 0 Å². The maximum absolute atomic E-state index is 13.4. The van der Waals surface area contributed by atoms with Crippen molar-refractivity contribution in [3.8, 4) is 5.75 Å². The molecule has 0 radical (unpaired) electrons. The molecule has 3 aromatic carbocycles. The number of fused-ring (bicyclic) bond motifs is 2. The number of carboxylic acids is 1. The fraction of sp³-hybridized carbons (Fsp3) is 0.240. The number of benzene rings is 3. The van der Waals surface area contributed by atoms with Crippen LogP contribution in [0.3, 0.4) is 0 Å². The minimum absolute atomic E-state index is 0.176. The zero-order valence-electron chi connectivity index (χ0n) is 17.6. The molecule has 0 aliphatic heterocycles. The third kappa shape index (κ3) is 4.03. The Labute approximate surface area is 199 Å². The summed E-state index contributed by atoms with van der Waals surface area (Å²) in [6.45, 7) is 0.176. The molecular formula is C25H21ClN2O4S. The number of carbonyl (C=O) groups is 2. The largest absolute Gasteiger partial charge is 0.485 e. The highest BCUT2D eigenvalue weighted by Gasteiger charge is 2.43. The molecule has 0 unspecified atom stereocenters. The van der Waals surface area contributed by atoms with E-state index in [1.54, 1.807) is 6.07 Å². The lowest BCUT2D eigenvalue weighted by Crippen LogP contribution is -2.52. The zero-order valence-corrected chi connectivity index (χ0v) is 19.2. The van der Waals surface area contributed by atoms with Crippen molar-refractivity contribution in [3.63, 3.8) is 0 Å². The van der Waals surface area contributed by atoms with Gasteiger partial charge in [0.2, 0.25) is 0 Å². The van der Waals surface area contributed by atoms with Crippen molar-refractivity contribution in [2.45, 2.75) is 37.8 Å². The molecule has 8 heteroatoms. The first kappa shape index (κ1) is 21.7. The number of ether oxygens (including phenoxy) is 1. The van der Waals surface area contributed by atoms with E-state index in [9.17, 15) is 14.7 Å². The molecule has 4 aromatic rings. The lowest BCUT2D eigenvalue weighted by molar-refractivity contribution is -0.144. The van der Waals surface area contributed by atoms with Crippen LogP contribution in [0.1, 0.15) is 41.0 Å². The number of para-hydroxylation sites is 1. The van der Waals surface area contributed by atoms with Gasteiger partial charge in [-0.25, -0.2) is 9.78 Å². The first-order valence-electron chi connectivity index (χ1n) is 10.7. The number of nitrogens with zero attached hydrogens (tertiary/aromatic N) is 1. The van der Waals surface area contributed by atoms with Crippen LogP contribution < -0.4 is 10.1 Å². The van der Waals surface area contributed by atoms with Gasteiger partial charge in [0.05, 0.1) is 15.8 Å². The van der Waals surface area contributed by atoms with Crippen molar-refractivity contribution in [2.75, 3.05) is 0 Å². The summed E-state index contributed by atoms with van der Waals surface area (Å²) in [6, 6.07) is 16.8. The van der Waals surface area contributed by atoms with Gasteiger partial charge < -0.3 is 15.2 Å². The van der Waals surface area contributed by atoms with Crippen LogP contribution in [0.5, 0.6) is 5.75 Å². The minimum Gasteiger partial charge on any atom is -0.485 e. The molecule has 1 amide bonds. The molecule has 0 atom stereocenters. The van der Waals surface area contributed by atoms with Crippen LogP contribution in [0.2, 0.25) is 5.02 Å². The monoisotopic (exact) mass is 480 g/mol. The van der Waals surface area contributed by atoms with Gasteiger partial charge in [0.1, 0.15) is 22.9 Å². The number of carboxylic acid groups (broad SMARTS) is 1. The van der Waals surface area contributed by atoms with E-state index >= 15 is 0 Å². The van der Waals surface area contributed by atoms with E-state index < -0.39 is 17.4 Å². The van der Waals surface area contributed by atoms with E-state index in [0.29, 0.717) is 29.0 Å². The summed E-state index contributed by atoms with van der Waals surface area (Å²) >= 11 is 8.03. The third-order valence-corrected chi connectivity index (χ3v) is 7.41. The van der Waals surface area contributed by atoms with E-state index in [1.807, 2.05) is 48.5 Å². The van der Waals surface area contributed by atoms with Gasteiger partial charge >= 0.3 is 5.97 Å². The molecule has 2 N–H and O–H groups in total. The average Bonchev–Trinajstić information content (AvgIpc) is 3.46. The SMILES string of the molecule is O=C(NC1(C(=O)O)CCCC1)c1cc(Cl)c2ccccc2c1OCc1nc2ccccc2s1. The second kappa shape index (κ2) is 8.65. The number of thiazole rings is 1. The van der Waals surface area contributed by atoms with Crippen LogP contribution in [-0.2, 0) is 11.4 Å². The standard InChI is InChI=1S/C25H21ClN2O4S/c26-18-13-17(23(29)28-25(24(30)31)11-5-6-12-25)22(16-8-2-1-7-15(16)18)32-14-21-27-19-9-3-4-10-20(19)33-21/h1-4,7-10,13H,5-6,11-12,14H2,(H,28,29)(H,30,31). The number of hydrogen-bond donors (Lipinski definition) is 2. The molecular weight excluding hydrogens is 460 g/mol. The summed E-state index contributed by atoms with van der Waals surface area (Å²) in [7, 11) is 0. The van der Waals surface area contributed by atoms with Gasteiger partial charge in [0.25, 0.3) is 5.91 Å². The Bertz CT molecular complexity index is 1340. The van der Waals surface area contributed by atoms with Crippen molar-refractivity contribution < 1.29 is 19.4 Å². The van der Waals surface area contributed by atoms with Gasteiger partial charge in [-0.3, -0.25) is 4.79 Å². The summed E-state index contributed by atoms with van der Waals surface area (Å²) in [5, 5.41) is 15.2. The smallest absolute Gasteiger partial charge is 0.329 e. The lowest BCUT2D eigenvalue weighted by atomic mass is 9.96. The molecule has 1 aromatic heterocycles. The Kier molecular flexibility index (Phi) is 5.68. The molecule has 1 fully saturated rings. The van der Waals surface area contributed by atoms with Crippen molar-refractivity contribution >= 4 is 55.8 Å². The summed E-state index contributed by atoms with van der Waals surface area (Å²) < 4.78 is 7.24. The minimum atomic E-state index is -1.26. The maximum Gasteiger partial charge on any atom is 0.329 e. The average molecular weight is 481 g/mol. The number of amides is 1. The molecule has 6 nitrogen and oxygen atoms in total. The highest BCUT2D eigenvalue weighted by Crippen LogP contribution is 2.37. The number of carbonyl (C=O) groups excluding carboxylic acids is 1. The van der Waals surface area contributed by atoms with Gasteiger partial charge in [-0.15, -0.1) is 11.3 Å². The summed E-state index contributed by atoms with van der Waals surface area (Å²) in [4.78, 5) is 29.9. The molecule has 1 heterocycles. The van der Waals surface area contributed by atoms with Crippen molar-refractivity contribution in [2.24, 2.45) is 0 Å². The molecule has 5 rings (SSSR count). The van der Waals surface area contributed by atoms with E-state index in [-0.39, 0.29) is 12.2 Å². The summed E-state index contributed by atoms with van der Waals surface area (Å²) in [6.07, 6.45) is 2.31. The van der Waals surface area contributed by atoms with Crippen LogP contribution in [0.25, 0.3) is 21.0 Å². The predicted octanol–water partition coefficient (Wildman–Crippen LogP) is 5.81. The van der Waals surface area contributed by atoms with E-state index in [0.717, 1.165) is 33.5 Å². The molecule has 0 spiro atoms. The highest BCUT2D eigenvalue weighted by molar-refractivity contribution is 7.18. The second-order valence-corrected chi connectivity index (χ2v) is 9.72. The van der Waals surface area contributed by atoms with Gasteiger partial charge in [0.15, 0.2) is 0 Å². The Balaban J connectivity index is 1.53. The van der Waals surface area contributed by atoms with Crippen LogP contribution in [0, 0.1) is 0 Å². The van der Waals surface area contributed by atoms with E-state index in [1.165, 1.54) is 11.3 Å². The number of halogens is 1. The van der Waals surface area contributed by atoms with Gasteiger partial charge in [-0.1, -0.05) is 60.8 Å². The number of hydrogen-bond acceptors (Lipinski definition) is 5. The first-order chi connectivity index (χ1) is 16.0.